The number of fused-ring (bicyclic) bond motifs is 1. The normalized spacial score (nSPS) is 12.3. The zero-order valence-corrected chi connectivity index (χ0v) is 13.0. The number of aryl methyl sites for hydroxylation is 2. The monoisotopic (exact) mass is 294 g/mol. The minimum absolute atomic E-state index is 1.06. The molecule has 0 heterocycles. The van der Waals surface area contributed by atoms with Crippen LogP contribution in [-0.2, 0) is 12.8 Å². The number of rotatable bonds is 1. The number of hydrogen-bond donors (Lipinski definition) is 0. The third-order valence-corrected chi connectivity index (χ3v) is 4.43. The van der Waals surface area contributed by atoms with Crippen molar-refractivity contribution in [3.8, 4) is 23.0 Å². The maximum absolute atomic E-state index is 3.41. The van der Waals surface area contributed by atoms with Crippen LogP contribution in [0.4, 0.5) is 0 Å². The van der Waals surface area contributed by atoms with Crippen molar-refractivity contribution < 1.29 is 0 Å². The lowest BCUT2D eigenvalue weighted by Gasteiger charge is -2.09. The van der Waals surface area contributed by atoms with Crippen LogP contribution in [0.1, 0.15) is 28.7 Å². The van der Waals surface area contributed by atoms with Crippen molar-refractivity contribution in [3.05, 3.63) is 95.1 Å². The van der Waals surface area contributed by atoms with Gasteiger partial charge in [-0.15, -0.1) is 0 Å². The molecular formula is C23H18. The second-order valence-electron chi connectivity index (χ2n) is 6.00. The van der Waals surface area contributed by atoms with E-state index in [0.717, 1.165) is 11.1 Å². The van der Waals surface area contributed by atoms with Crippen molar-refractivity contribution in [2.45, 2.75) is 19.3 Å². The van der Waals surface area contributed by atoms with Crippen molar-refractivity contribution in [1.29, 1.82) is 0 Å². The molecule has 0 aliphatic heterocycles. The topological polar surface area (TPSA) is 0 Å². The van der Waals surface area contributed by atoms with E-state index in [-0.39, 0.29) is 0 Å². The highest BCUT2D eigenvalue weighted by Gasteiger charge is 2.14. The smallest absolute Gasteiger partial charge is 0.0330 e. The van der Waals surface area contributed by atoms with Gasteiger partial charge in [-0.2, -0.15) is 0 Å². The fourth-order valence-corrected chi connectivity index (χ4v) is 3.25. The summed E-state index contributed by atoms with van der Waals surface area (Å²) in [4.78, 5) is 0. The Hall–Kier alpha value is -2.78. The zero-order valence-electron chi connectivity index (χ0n) is 13.0. The standard InChI is InChI=1S/C23H18/c1-3-8-18(9-4-1)14-15-22-16-20-12-7-13-21(20)17-23(22)19-10-5-2-6-11-19/h1-6,8-11,16-17H,7,12-13H2. The molecule has 4 rings (SSSR count). The van der Waals surface area contributed by atoms with Gasteiger partial charge in [-0.1, -0.05) is 60.4 Å². The van der Waals surface area contributed by atoms with Crippen LogP contribution in [0, 0.1) is 11.8 Å². The highest BCUT2D eigenvalue weighted by molar-refractivity contribution is 5.73. The fourth-order valence-electron chi connectivity index (χ4n) is 3.25. The molecule has 0 atom stereocenters. The van der Waals surface area contributed by atoms with E-state index in [1.807, 2.05) is 18.2 Å². The number of hydrogen-bond acceptors (Lipinski definition) is 0. The van der Waals surface area contributed by atoms with E-state index in [1.165, 1.54) is 41.5 Å². The molecule has 0 fully saturated rings. The predicted octanol–water partition coefficient (Wildman–Crippen LogP) is 5.24. The van der Waals surface area contributed by atoms with Gasteiger partial charge in [0.05, 0.1) is 0 Å². The summed E-state index contributed by atoms with van der Waals surface area (Å²) < 4.78 is 0. The zero-order chi connectivity index (χ0) is 15.5. The van der Waals surface area contributed by atoms with Crippen molar-refractivity contribution in [2.75, 3.05) is 0 Å². The van der Waals surface area contributed by atoms with Crippen LogP contribution >= 0.6 is 0 Å². The maximum Gasteiger partial charge on any atom is 0.0330 e. The molecule has 110 valence electrons. The van der Waals surface area contributed by atoms with E-state index in [9.17, 15) is 0 Å². The molecule has 0 heteroatoms. The van der Waals surface area contributed by atoms with Gasteiger partial charge in [-0.3, -0.25) is 0 Å². The summed E-state index contributed by atoms with van der Waals surface area (Å²) in [5, 5.41) is 0. The average Bonchev–Trinajstić information content (AvgIpc) is 3.08. The van der Waals surface area contributed by atoms with Gasteiger partial charge in [-0.05, 0) is 65.8 Å². The Balaban J connectivity index is 1.84. The van der Waals surface area contributed by atoms with Crippen molar-refractivity contribution in [1.82, 2.24) is 0 Å². The van der Waals surface area contributed by atoms with Crippen molar-refractivity contribution in [3.63, 3.8) is 0 Å². The number of benzene rings is 3. The van der Waals surface area contributed by atoms with Crippen LogP contribution in [-0.4, -0.2) is 0 Å². The van der Waals surface area contributed by atoms with Gasteiger partial charge in [0.15, 0.2) is 0 Å². The molecule has 0 nitrogen and oxygen atoms in total. The van der Waals surface area contributed by atoms with Crippen molar-refractivity contribution >= 4 is 0 Å². The van der Waals surface area contributed by atoms with E-state index in [0.29, 0.717) is 0 Å². The average molecular weight is 294 g/mol. The second kappa shape index (κ2) is 6.15. The van der Waals surface area contributed by atoms with E-state index >= 15 is 0 Å². The highest BCUT2D eigenvalue weighted by atomic mass is 14.2. The minimum Gasteiger partial charge on any atom is -0.0622 e. The van der Waals surface area contributed by atoms with E-state index < -0.39 is 0 Å². The van der Waals surface area contributed by atoms with Gasteiger partial charge in [0, 0.05) is 11.1 Å². The Morgan fingerprint density at radius 1 is 0.652 bits per heavy atom. The summed E-state index contributed by atoms with van der Waals surface area (Å²) in [7, 11) is 0. The molecule has 3 aromatic rings. The fraction of sp³-hybridized carbons (Fsp3) is 0.130. The Morgan fingerprint density at radius 2 is 1.30 bits per heavy atom. The largest absolute Gasteiger partial charge is 0.0622 e. The van der Waals surface area contributed by atoms with Gasteiger partial charge in [0.2, 0.25) is 0 Å². The molecule has 0 aromatic heterocycles. The first-order chi connectivity index (χ1) is 11.4. The lowest BCUT2D eigenvalue weighted by atomic mass is 9.95. The Bertz CT molecular complexity index is 878. The minimum atomic E-state index is 1.06. The lowest BCUT2D eigenvalue weighted by Crippen LogP contribution is -1.91. The van der Waals surface area contributed by atoms with Gasteiger partial charge in [0.25, 0.3) is 0 Å². The van der Waals surface area contributed by atoms with Crippen LogP contribution in [0.25, 0.3) is 11.1 Å². The molecule has 23 heavy (non-hydrogen) atoms. The first kappa shape index (κ1) is 13.9. The second-order valence-corrected chi connectivity index (χ2v) is 6.00. The summed E-state index contributed by atoms with van der Waals surface area (Å²) in [6.45, 7) is 0. The first-order valence-corrected chi connectivity index (χ1v) is 8.18. The van der Waals surface area contributed by atoms with Crippen LogP contribution in [0.5, 0.6) is 0 Å². The molecule has 0 unspecified atom stereocenters. The molecular weight excluding hydrogens is 276 g/mol. The maximum atomic E-state index is 3.41. The van der Waals surface area contributed by atoms with E-state index in [2.05, 4.69) is 66.4 Å². The molecule has 0 radical (unpaired) electrons. The van der Waals surface area contributed by atoms with E-state index in [4.69, 9.17) is 0 Å². The summed E-state index contributed by atoms with van der Waals surface area (Å²) >= 11 is 0. The molecule has 0 bridgehead atoms. The van der Waals surface area contributed by atoms with Gasteiger partial charge in [0.1, 0.15) is 0 Å². The summed E-state index contributed by atoms with van der Waals surface area (Å²) in [5.74, 6) is 6.72. The van der Waals surface area contributed by atoms with Crippen LogP contribution in [0.3, 0.4) is 0 Å². The van der Waals surface area contributed by atoms with Gasteiger partial charge >= 0.3 is 0 Å². The van der Waals surface area contributed by atoms with Gasteiger partial charge < -0.3 is 0 Å². The van der Waals surface area contributed by atoms with Crippen LogP contribution in [0.2, 0.25) is 0 Å². The summed E-state index contributed by atoms with van der Waals surface area (Å²) in [6.07, 6.45) is 3.64. The molecule has 0 saturated carbocycles. The summed E-state index contributed by atoms with van der Waals surface area (Å²) in [6, 6.07) is 25.5. The molecule has 3 aromatic carbocycles. The quantitative estimate of drug-likeness (QED) is 0.538. The van der Waals surface area contributed by atoms with E-state index in [1.54, 1.807) is 0 Å². The molecule has 1 aliphatic carbocycles. The molecule has 0 saturated heterocycles. The predicted molar refractivity (Wildman–Crippen MR) is 96.3 cm³/mol. The Kier molecular flexibility index (Phi) is 3.70. The summed E-state index contributed by atoms with van der Waals surface area (Å²) in [5.41, 5.74) is 7.68. The Labute approximate surface area is 137 Å². The van der Waals surface area contributed by atoms with Crippen LogP contribution < -0.4 is 0 Å². The molecule has 0 spiro atoms. The van der Waals surface area contributed by atoms with Gasteiger partial charge in [-0.25, -0.2) is 0 Å². The Morgan fingerprint density at radius 3 is 2.04 bits per heavy atom. The molecule has 1 aliphatic rings. The van der Waals surface area contributed by atoms with Crippen LogP contribution in [0.15, 0.2) is 72.8 Å². The third-order valence-electron chi connectivity index (χ3n) is 4.43. The first-order valence-electron chi connectivity index (χ1n) is 8.18. The lowest BCUT2D eigenvalue weighted by molar-refractivity contribution is 0.912. The van der Waals surface area contributed by atoms with Crippen molar-refractivity contribution in [2.24, 2.45) is 0 Å². The highest BCUT2D eigenvalue weighted by Crippen LogP contribution is 2.31. The molecule has 0 N–H and O–H groups in total. The molecule has 0 amide bonds. The third kappa shape index (κ3) is 2.91. The SMILES string of the molecule is C(#Cc1cc2c(cc1-c1ccccc1)CCC2)c1ccccc1.